The fourth-order valence-corrected chi connectivity index (χ4v) is 2.19. The molecule has 0 saturated carbocycles. The van der Waals surface area contributed by atoms with Crippen LogP contribution < -0.4 is 10.6 Å². The van der Waals surface area contributed by atoms with E-state index in [2.05, 4.69) is 10.6 Å². The van der Waals surface area contributed by atoms with Gasteiger partial charge in [-0.1, -0.05) is 0 Å². The molecule has 2 atom stereocenters. The van der Waals surface area contributed by atoms with E-state index in [-0.39, 0.29) is 30.5 Å². The molecule has 2 amide bonds. The molecule has 2 aliphatic heterocycles. The highest BCUT2D eigenvalue weighted by Gasteiger charge is 2.28. The maximum atomic E-state index is 12.0. The third-order valence-corrected chi connectivity index (χ3v) is 3.19. The van der Waals surface area contributed by atoms with Crippen LogP contribution in [0.25, 0.3) is 0 Å². The molecule has 0 bridgehead atoms. The largest absolute Gasteiger partial charge is 0.376 e. The number of hydrogen-bond acceptors (Lipinski definition) is 4. The second-order valence-electron chi connectivity index (χ2n) is 4.59. The first-order valence-electron chi connectivity index (χ1n) is 6.03. The van der Waals surface area contributed by atoms with Gasteiger partial charge in [0.2, 0.25) is 11.8 Å². The fourth-order valence-electron chi connectivity index (χ4n) is 2.19. The first kappa shape index (κ1) is 12.3. The van der Waals surface area contributed by atoms with Crippen LogP contribution in [-0.4, -0.2) is 62.1 Å². The van der Waals surface area contributed by atoms with Gasteiger partial charge in [0.15, 0.2) is 0 Å². The SMILES string of the molecule is CN(CC1CCCO1)C(=O)C1CNC(=O)CN1. The first-order chi connectivity index (χ1) is 8.16. The van der Waals surface area contributed by atoms with E-state index in [1.165, 1.54) is 0 Å². The van der Waals surface area contributed by atoms with E-state index in [0.29, 0.717) is 13.1 Å². The predicted molar refractivity (Wildman–Crippen MR) is 61.4 cm³/mol. The molecule has 96 valence electrons. The van der Waals surface area contributed by atoms with Gasteiger partial charge in [-0.05, 0) is 12.8 Å². The Morgan fingerprint density at radius 1 is 1.59 bits per heavy atom. The summed E-state index contributed by atoms with van der Waals surface area (Å²) >= 11 is 0. The summed E-state index contributed by atoms with van der Waals surface area (Å²) in [5, 5.41) is 5.61. The van der Waals surface area contributed by atoms with Crippen LogP contribution in [0.4, 0.5) is 0 Å². The fraction of sp³-hybridized carbons (Fsp3) is 0.818. The summed E-state index contributed by atoms with van der Waals surface area (Å²) in [6, 6.07) is -0.306. The predicted octanol–water partition coefficient (Wildman–Crippen LogP) is -1.29. The van der Waals surface area contributed by atoms with Crippen molar-refractivity contribution in [3.05, 3.63) is 0 Å². The lowest BCUT2D eigenvalue weighted by Gasteiger charge is -2.28. The Hall–Kier alpha value is -1.14. The van der Waals surface area contributed by atoms with Gasteiger partial charge in [0.05, 0.1) is 12.6 Å². The number of amides is 2. The van der Waals surface area contributed by atoms with Crippen molar-refractivity contribution in [2.75, 3.05) is 33.3 Å². The highest BCUT2D eigenvalue weighted by Crippen LogP contribution is 2.13. The Morgan fingerprint density at radius 2 is 2.41 bits per heavy atom. The normalized spacial score (nSPS) is 28.9. The van der Waals surface area contributed by atoms with Crippen LogP contribution >= 0.6 is 0 Å². The number of ether oxygens (including phenoxy) is 1. The standard InChI is InChI=1S/C11H19N3O3/c1-14(7-8-3-2-4-17-8)11(16)9-5-13-10(15)6-12-9/h8-9,12H,2-7H2,1H3,(H,13,15). The van der Waals surface area contributed by atoms with Gasteiger partial charge in [0, 0.05) is 26.7 Å². The van der Waals surface area contributed by atoms with Gasteiger partial charge in [0.25, 0.3) is 0 Å². The summed E-state index contributed by atoms with van der Waals surface area (Å²) in [4.78, 5) is 24.7. The third kappa shape index (κ3) is 3.17. The minimum atomic E-state index is -0.306. The lowest BCUT2D eigenvalue weighted by molar-refractivity contribution is -0.135. The Labute approximate surface area is 101 Å². The zero-order valence-corrected chi connectivity index (χ0v) is 10.1. The van der Waals surface area contributed by atoms with Crippen molar-refractivity contribution in [3.8, 4) is 0 Å². The molecular formula is C11H19N3O3. The number of nitrogens with one attached hydrogen (secondary N) is 2. The average molecular weight is 241 g/mol. The van der Waals surface area contributed by atoms with Gasteiger partial charge >= 0.3 is 0 Å². The molecule has 2 saturated heterocycles. The molecule has 2 heterocycles. The molecule has 17 heavy (non-hydrogen) atoms. The first-order valence-corrected chi connectivity index (χ1v) is 6.03. The van der Waals surface area contributed by atoms with Crippen LogP contribution in [-0.2, 0) is 14.3 Å². The van der Waals surface area contributed by atoms with E-state index in [1.807, 2.05) is 0 Å². The number of carbonyl (C=O) groups excluding carboxylic acids is 2. The molecule has 6 heteroatoms. The molecule has 2 N–H and O–H groups in total. The van der Waals surface area contributed by atoms with Crippen molar-refractivity contribution in [1.29, 1.82) is 0 Å². The van der Waals surface area contributed by atoms with Gasteiger partial charge in [-0.3, -0.25) is 14.9 Å². The number of hydrogen-bond donors (Lipinski definition) is 2. The van der Waals surface area contributed by atoms with Crippen molar-refractivity contribution in [2.45, 2.75) is 25.0 Å². The molecule has 0 aromatic carbocycles. The second-order valence-corrected chi connectivity index (χ2v) is 4.59. The van der Waals surface area contributed by atoms with E-state index >= 15 is 0 Å². The lowest BCUT2D eigenvalue weighted by atomic mass is 10.2. The number of piperazine rings is 1. The van der Waals surface area contributed by atoms with Gasteiger partial charge in [0.1, 0.15) is 6.04 Å². The molecule has 2 unspecified atom stereocenters. The number of likely N-dealkylation sites (N-methyl/N-ethyl adjacent to an activating group) is 1. The van der Waals surface area contributed by atoms with Crippen molar-refractivity contribution < 1.29 is 14.3 Å². The molecule has 6 nitrogen and oxygen atoms in total. The molecule has 2 fully saturated rings. The number of rotatable bonds is 3. The molecule has 0 aromatic heterocycles. The summed E-state index contributed by atoms with van der Waals surface area (Å²) < 4.78 is 5.49. The highest BCUT2D eigenvalue weighted by molar-refractivity contribution is 5.86. The van der Waals surface area contributed by atoms with Crippen molar-refractivity contribution in [2.24, 2.45) is 0 Å². The molecule has 0 radical (unpaired) electrons. The van der Waals surface area contributed by atoms with Gasteiger partial charge in [-0.2, -0.15) is 0 Å². The van der Waals surface area contributed by atoms with Crippen LogP contribution in [0.5, 0.6) is 0 Å². The number of nitrogens with zero attached hydrogens (tertiary/aromatic N) is 1. The van der Waals surface area contributed by atoms with Crippen molar-refractivity contribution >= 4 is 11.8 Å². The molecule has 0 spiro atoms. The monoisotopic (exact) mass is 241 g/mol. The van der Waals surface area contributed by atoms with Crippen molar-refractivity contribution in [3.63, 3.8) is 0 Å². The van der Waals surface area contributed by atoms with Crippen molar-refractivity contribution in [1.82, 2.24) is 15.5 Å². The van der Waals surface area contributed by atoms with Crippen LogP contribution in [0.15, 0.2) is 0 Å². The van der Waals surface area contributed by atoms with E-state index in [1.54, 1.807) is 11.9 Å². The van der Waals surface area contributed by atoms with E-state index < -0.39 is 0 Å². The van der Waals surface area contributed by atoms with Crippen LogP contribution in [0.3, 0.4) is 0 Å². The summed E-state index contributed by atoms with van der Waals surface area (Å²) in [7, 11) is 1.78. The average Bonchev–Trinajstić information content (AvgIpc) is 2.82. The van der Waals surface area contributed by atoms with Crippen LogP contribution in [0.2, 0.25) is 0 Å². The maximum absolute atomic E-state index is 12.0. The van der Waals surface area contributed by atoms with Gasteiger partial charge in [-0.25, -0.2) is 0 Å². The second kappa shape index (κ2) is 5.46. The molecule has 2 aliphatic rings. The summed E-state index contributed by atoms with van der Waals surface area (Å²) in [6.45, 7) is 2.01. The van der Waals surface area contributed by atoms with Crippen LogP contribution in [0.1, 0.15) is 12.8 Å². The quantitative estimate of drug-likeness (QED) is 0.645. The molecular weight excluding hydrogens is 222 g/mol. The van der Waals surface area contributed by atoms with Crippen LogP contribution in [0, 0.1) is 0 Å². The lowest BCUT2D eigenvalue weighted by Crippen LogP contribution is -2.58. The minimum absolute atomic E-state index is 0.0144. The zero-order valence-electron chi connectivity index (χ0n) is 10.1. The number of carbonyl (C=O) groups is 2. The highest BCUT2D eigenvalue weighted by atomic mass is 16.5. The molecule has 0 aliphatic carbocycles. The summed E-state index contributed by atoms with van der Waals surface area (Å²) in [5.74, 6) is -0.0451. The Morgan fingerprint density at radius 3 is 3.00 bits per heavy atom. The topological polar surface area (TPSA) is 70.7 Å². The third-order valence-electron chi connectivity index (χ3n) is 3.19. The molecule has 0 aromatic rings. The maximum Gasteiger partial charge on any atom is 0.241 e. The van der Waals surface area contributed by atoms with E-state index in [4.69, 9.17) is 4.74 Å². The Kier molecular flexibility index (Phi) is 3.96. The summed E-state index contributed by atoms with van der Waals surface area (Å²) in [6.07, 6.45) is 2.26. The Balaban J connectivity index is 1.79. The van der Waals surface area contributed by atoms with Gasteiger partial charge in [-0.15, -0.1) is 0 Å². The zero-order chi connectivity index (χ0) is 12.3. The van der Waals surface area contributed by atoms with E-state index in [9.17, 15) is 9.59 Å². The molecule has 2 rings (SSSR count). The van der Waals surface area contributed by atoms with E-state index in [0.717, 1.165) is 19.4 Å². The summed E-state index contributed by atoms with van der Waals surface area (Å²) in [5.41, 5.74) is 0. The minimum Gasteiger partial charge on any atom is -0.376 e. The van der Waals surface area contributed by atoms with Gasteiger partial charge < -0.3 is 15.0 Å². The Bertz CT molecular complexity index is 292. The smallest absolute Gasteiger partial charge is 0.241 e.